The number of aliphatic hydroxyl groups is 4. The first-order chi connectivity index (χ1) is 33.6. The van der Waals surface area contributed by atoms with Crippen molar-refractivity contribution in [3.05, 3.63) is 42.0 Å². The van der Waals surface area contributed by atoms with E-state index in [0.29, 0.717) is 42.8 Å². The molecule has 1 aromatic rings. The standard InChI is InChI=1S/C21H28O3.C19H36O4.C19H34O4/c1-3-20(23)24-19-9-8-18-17-6-4-13-12-14(22)5-7-15(13)16(17)10-11-21(18,19)2;2*1-3-4-5-6-7-8-9-10-11-12-13-14-18(21)15-19(22)16-23-17(2)20/h5,7,12,16-19,22H,3-4,6,8-11H2,1-2H3;3,18-19,21-22H,1,4-16H2,2H3;1,18-19,21-22H,4-16H2,2H3. The molecule has 3 aliphatic rings. The van der Waals surface area contributed by atoms with Crippen LogP contribution in [-0.4, -0.2) is 87.2 Å². The van der Waals surface area contributed by atoms with E-state index in [1.807, 2.05) is 25.1 Å². The van der Waals surface area contributed by atoms with Crippen molar-refractivity contribution >= 4 is 17.9 Å². The number of ether oxygens (including phenoxy) is 3. The number of rotatable bonds is 33. The number of carbonyl (C=O) groups excluding carboxylic acids is 3. The average Bonchev–Trinajstić information content (AvgIpc) is 3.66. The maximum absolute atomic E-state index is 11.8. The monoisotopic (exact) mass is 983 g/mol. The van der Waals surface area contributed by atoms with Gasteiger partial charge in [-0.05, 0) is 112 Å². The van der Waals surface area contributed by atoms with Crippen LogP contribution in [0.2, 0.25) is 0 Å². The molecule has 9 atom stereocenters. The van der Waals surface area contributed by atoms with Gasteiger partial charge in [-0.2, -0.15) is 0 Å². The Kier molecular flexibility index (Phi) is 33.4. The van der Waals surface area contributed by atoms with Gasteiger partial charge in [-0.15, -0.1) is 18.9 Å². The Labute approximate surface area is 424 Å². The van der Waals surface area contributed by atoms with E-state index < -0.39 is 36.4 Å². The van der Waals surface area contributed by atoms with Crippen LogP contribution in [0.3, 0.4) is 0 Å². The molecule has 0 amide bonds. The van der Waals surface area contributed by atoms with Crippen LogP contribution in [0.15, 0.2) is 30.9 Å². The molecule has 1 aromatic carbocycles. The number of phenols is 1. The molecule has 11 nitrogen and oxygen atoms in total. The number of hydrogen-bond donors (Lipinski definition) is 5. The normalized spacial score (nSPS) is 21.6. The zero-order valence-electron chi connectivity index (χ0n) is 44.2. The summed E-state index contributed by atoms with van der Waals surface area (Å²) in [6, 6.07) is 5.95. The van der Waals surface area contributed by atoms with Gasteiger partial charge in [-0.1, -0.05) is 129 Å². The summed E-state index contributed by atoms with van der Waals surface area (Å²) in [6.07, 6.45) is 37.9. The van der Waals surface area contributed by atoms with E-state index in [1.165, 1.54) is 128 Å². The van der Waals surface area contributed by atoms with Gasteiger partial charge in [-0.3, -0.25) is 14.4 Å². The van der Waals surface area contributed by atoms with Crippen molar-refractivity contribution in [2.75, 3.05) is 13.2 Å². The van der Waals surface area contributed by atoms with Crippen molar-refractivity contribution in [1.29, 1.82) is 0 Å². The zero-order chi connectivity index (χ0) is 51.6. The van der Waals surface area contributed by atoms with Gasteiger partial charge in [0.2, 0.25) is 0 Å². The third-order valence-electron chi connectivity index (χ3n) is 15.0. The number of fused-ring (bicyclic) bond motifs is 5. The predicted octanol–water partition coefficient (Wildman–Crippen LogP) is 12.3. The van der Waals surface area contributed by atoms with Gasteiger partial charge in [0.15, 0.2) is 0 Å². The van der Waals surface area contributed by atoms with E-state index in [0.717, 1.165) is 64.2 Å². The molecule has 70 heavy (non-hydrogen) atoms. The fraction of sp³-hybridized carbons (Fsp3) is 0.780. The lowest BCUT2D eigenvalue weighted by Gasteiger charge is -2.50. The first-order valence-electron chi connectivity index (χ1n) is 27.7. The summed E-state index contributed by atoms with van der Waals surface area (Å²) in [5.74, 6) is 4.18. The molecule has 0 aliphatic heterocycles. The Morgan fingerprint density at radius 2 is 1.23 bits per heavy atom. The van der Waals surface area contributed by atoms with Gasteiger partial charge in [0.25, 0.3) is 0 Å². The number of hydrogen-bond acceptors (Lipinski definition) is 11. The quantitative estimate of drug-likeness (QED) is 0.0149. The summed E-state index contributed by atoms with van der Waals surface area (Å²) in [5, 5.41) is 48.6. The molecule has 3 aliphatic carbocycles. The second-order valence-electron chi connectivity index (χ2n) is 20.9. The number of carbonyl (C=O) groups is 3. The van der Waals surface area contributed by atoms with Crippen molar-refractivity contribution in [2.24, 2.45) is 17.3 Å². The van der Waals surface area contributed by atoms with E-state index in [9.17, 15) is 39.9 Å². The number of esters is 3. The van der Waals surface area contributed by atoms with Crippen LogP contribution in [-0.2, 0) is 35.0 Å². The van der Waals surface area contributed by atoms with E-state index in [-0.39, 0.29) is 43.5 Å². The predicted molar refractivity (Wildman–Crippen MR) is 280 cm³/mol. The maximum Gasteiger partial charge on any atom is 0.305 e. The zero-order valence-corrected chi connectivity index (χ0v) is 44.2. The molecular formula is C59H98O11. The summed E-state index contributed by atoms with van der Waals surface area (Å²) in [4.78, 5) is 33.1. The number of benzene rings is 1. The number of terminal acetylenes is 1. The van der Waals surface area contributed by atoms with E-state index in [1.54, 1.807) is 0 Å². The second kappa shape index (κ2) is 37.3. The summed E-state index contributed by atoms with van der Waals surface area (Å²) < 4.78 is 15.2. The molecule has 0 saturated heterocycles. The molecule has 9 unspecified atom stereocenters. The van der Waals surface area contributed by atoms with Crippen LogP contribution in [0.4, 0.5) is 0 Å². The Bertz CT molecular complexity index is 1620. The van der Waals surface area contributed by atoms with E-state index in [4.69, 9.17) is 20.6 Å². The lowest BCUT2D eigenvalue weighted by molar-refractivity contribution is -0.157. The van der Waals surface area contributed by atoms with Crippen LogP contribution >= 0.6 is 0 Å². The van der Waals surface area contributed by atoms with Crippen molar-refractivity contribution in [2.45, 2.75) is 263 Å². The molecule has 11 heteroatoms. The fourth-order valence-electron chi connectivity index (χ4n) is 11.1. The van der Waals surface area contributed by atoms with Crippen molar-refractivity contribution in [3.63, 3.8) is 0 Å². The molecule has 2 fully saturated rings. The number of aromatic hydroxyl groups is 1. The van der Waals surface area contributed by atoms with Crippen molar-refractivity contribution in [1.82, 2.24) is 0 Å². The minimum absolute atomic E-state index is 0.0286. The Balaban J connectivity index is 0.000000360. The molecule has 400 valence electrons. The average molecular weight is 983 g/mol. The third-order valence-corrected chi connectivity index (χ3v) is 15.0. The summed E-state index contributed by atoms with van der Waals surface area (Å²) in [6.45, 7) is 10.5. The highest BCUT2D eigenvalue weighted by Crippen LogP contribution is 2.61. The number of aryl methyl sites for hydroxylation is 1. The van der Waals surface area contributed by atoms with Crippen LogP contribution in [0.1, 0.15) is 237 Å². The molecule has 0 bridgehead atoms. The van der Waals surface area contributed by atoms with Gasteiger partial charge in [0.05, 0.1) is 24.4 Å². The molecule has 0 aromatic heterocycles. The molecule has 4 rings (SSSR count). The van der Waals surface area contributed by atoms with E-state index >= 15 is 0 Å². The molecule has 2 saturated carbocycles. The molecule has 0 radical (unpaired) electrons. The minimum atomic E-state index is -0.775. The van der Waals surface area contributed by atoms with Gasteiger partial charge < -0.3 is 39.7 Å². The lowest BCUT2D eigenvalue weighted by atomic mass is 9.55. The molecule has 0 heterocycles. The Hall–Kier alpha value is -3.43. The topological polar surface area (TPSA) is 180 Å². The summed E-state index contributed by atoms with van der Waals surface area (Å²) in [5.41, 5.74) is 2.95. The van der Waals surface area contributed by atoms with Crippen molar-refractivity contribution < 1.29 is 54.1 Å². The maximum atomic E-state index is 11.8. The fourth-order valence-corrected chi connectivity index (χ4v) is 11.1. The third kappa shape index (κ3) is 26.3. The van der Waals surface area contributed by atoms with Crippen LogP contribution < -0.4 is 0 Å². The largest absolute Gasteiger partial charge is 0.508 e. The first-order valence-corrected chi connectivity index (χ1v) is 27.7. The number of allylic oxidation sites excluding steroid dienone is 1. The van der Waals surface area contributed by atoms with Crippen molar-refractivity contribution in [3.8, 4) is 18.1 Å². The Morgan fingerprint density at radius 1 is 0.729 bits per heavy atom. The van der Waals surface area contributed by atoms with Gasteiger partial charge in [0, 0.05) is 44.9 Å². The van der Waals surface area contributed by atoms with Crippen LogP contribution in [0, 0.1) is 29.6 Å². The molecule has 5 N–H and O–H groups in total. The summed E-state index contributed by atoms with van der Waals surface area (Å²) in [7, 11) is 0. The van der Waals surface area contributed by atoms with Crippen LogP contribution in [0.5, 0.6) is 5.75 Å². The summed E-state index contributed by atoms with van der Waals surface area (Å²) >= 11 is 0. The van der Waals surface area contributed by atoms with Gasteiger partial charge in [0.1, 0.15) is 25.1 Å². The highest BCUT2D eigenvalue weighted by atomic mass is 16.6. The lowest BCUT2D eigenvalue weighted by Crippen LogP contribution is -2.45. The van der Waals surface area contributed by atoms with Gasteiger partial charge in [-0.25, -0.2) is 0 Å². The highest BCUT2D eigenvalue weighted by Gasteiger charge is 2.56. The molecule has 0 spiro atoms. The minimum Gasteiger partial charge on any atom is -0.508 e. The SMILES string of the molecule is C#CCCCCCCCCCCCC(O)CC(O)COC(C)=O.C=CCCCCCCCCCCCC(O)CC(O)COC(C)=O.CCC(=O)OC1CCC2C3CCc4cc(O)ccc4C3CCC12C. The Morgan fingerprint density at radius 3 is 1.71 bits per heavy atom. The van der Waals surface area contributed by atoms with E-state index in [2.05, 4.69) is 25.5 Å². The number of phenolic OH excluding ortho intramolecular Hbond substituents is 1. The highest BCUT2D eigenvalue weighted by molar-refractivity contribution is 5.69. The second-order valence-corrected chi connectivity index (χ2v) is 20.9. The smallest absolute Gasteiger partial charge is 0.305 e. The number of aliphatic hydroxyl groups excluding tert-OH is 4. The first kappa shape index (κ1) is 62.7. The number of unbranched alkanes of at least 4 members (excludes halogenated alkanes) is 18. The van der Waals surface area contributed by atoms with Crippen LogP contribution in [0.25, 0.3) is 0 Å². The van der Waals surface area contributed by atoms with Gasteiger partial charge >= 0.3 is 17.9 Å². The molecular weight excluding hydrogens is 885 g/mol.